The van der Waals surface area contributed by atoms with E-state index in [4.69, 9.17) is 19.4 Å². The molecule has 33 heavy (non-hydrogen) atoms. The summed E-state index contributed by atoms with van der Waals surface area (Å²) in [5.74, 6) is 1.81. The summed E-state index contributed by atoms with van der Waals surface area (Å²) in [7, 11) is 0. The number of alkyl carbamates (subject to hydrolysis) is 1. The van der Waals surface area contributed by atoms with E-state index in [-0.39, 0.29) is 17.9 Å². The minimum atomic E-state index is -0.381. The van der Waals surface area contributed by atoms with Crippen LogP contribution >= 0.6 is 0 Å². The SMILES string of the molecule is Cc1ccc2c(N3CC[C@H](CNC(=O)O[C@H]4CCOC4)C3)nc(-c3ccccc3O)nc2c1. The number of anilines is 1. The number of nitrogens with zero attached hydrogens (tertiary/aromatic N) is 3. The van der Waals surface area contributed by atoms with Gasteiger partial charge in [-0.15, -0.1) is 0 Å². The topological polar surface area (TPSA) is 96.8 Å². The molecular weight excluding hydrogens is 420 g/mol. The normalized spacial score (nSPS) is 20.3. The lowest BCUT2D eigenvalue weighted by Gasteiger charge is -2.21. The Labute approximate surface area is 192 Å². The Bertz CT molecular complexity index is 1160. The van der Waals surface area contributed by atoms with Crippen molar-refractivity contribution in [2.75, 3.05) is 37.7 Å². The summed E-state index contributed by atoms with van der Waals surface area (Å²) in [6.45, 7) is 5.31. The molecule has 3 heterocycles. The van der Waals surface area contributed by atoms with Crippen LogP contribution < -0.4 is 10.2 Å². The van der Waals surface area contributed by atoms with E-state index in [1.807, 2.05) is 25.1 Å². The van der Waals surface area contributed by atoms with Crippen LogP contribution in [0.4, 0.5) is 10.6 Å². The molecule has 8 heteroatoms. The van der Waals surface area contributed by atoms with Gasteiger partial charge in [0.2, 0.25) is 0 Å². The van der Waals surface area contributed by atoms with Gasteiger partial charge in [0.15, 0.2) is 5.82 Å². The van der Waals surface area contributed by atoms with Crippen molar-refractivity contribution in [3.63, 3.8) is 0 Å². The van der Waals surface area contributed by atoms with E-state index in [9.17, 15) is 9.90 Å². The number of hydrogen-bond donors (Lipinski definition) is 2. The summed E-state index contributed by atoms with van der Waals surface area (Å²) in [5, 5.41) is 14.2. The first-order chi connectivity index (χ1) is 16.1. The number of fused-ring (bicyclic) bond motifs is 1. The van der Waals surface area contributed by atoms with Crippen LogP contribution in [-0.4, -0.2) is 60.1 Å². The maximum Gasteiger partial charge on any atom is 0.407 e. The van der Waals surface area contributed by atoms with Gasteiger partial charge in [-0.1, -0.05) is 18.2 Å². The average molecular weight is 449 g/mol. The monoisotopic (exact) mass is 448 g/mol. The molecule has 172 valence electrons. The maximum atomic E-state index is 12.1. The van der Waals surface area contributed by atoms with Gasteiger partial charge >= 0.3 is 6.09 Å². The van der Waals surface area contributed by atoms with Gasteiger partial charge in [0.25, 0.3) is 0 Å². The molecule has 0 saturated carbocycles. The quantitative estimate of drug-likeness (QED) is 0.615. The molecule has 1 amide bonds. The van der Waals surface area contributed by atoms with Crippen molar-refractivity contribution in [1.82, 2.24) is 15.3 Å². The van der Waals surface area contributed by atoms with Crippen LogP contribution in [0.3, 0.4) is 0 Å². The maximum absolute atomic E-state index is 12.1. The van der Waals surface area contributed by atoms with Gasteiger partial charge in [0, 0.05) is 31.4 Å². The molecule has 2 saturated heterocycles. The Hall–Kier alpha value is -3.39. The average Bonchev–Trinajstić information content (AvgIpc) is 3.49. The summed E-state index contributed by atoms with van der Waals surface area (Å²) in [6.07, 6.45) is 1.17. The first kappa shape index (κ1) is 21.5. The minimum Gasteiger partial charge on any atom is -0.507 e. The number of nitrogens with one attached hydrogen (secondary N) is 1. The predicted octanol–water partition coefficient (Wildman–Crippen LogP) is 3.65. The highest BCUT2D eigenvalue weighted by atomic mass is 16.6. The second-order valence-electron chi connectivity index (χ2n) is 8.78. The summed E-state index contributed by atoms with van der Waals surface area (Å²) in [4.78, 5) is 24.0. The molecule has 2 N–H and O–H groups in total. The van der Waals surface area contributed by atoms with Crippen molar-refractivity contribution in [3.05, 3.63) is 48.0 Å². The van der Waals surface area contributed by atoms with E-state index in [2.05, 4.69) is 22.3 Å². The number of amides is 1. The molecule has 3 aromatic rings. The number of benzene rings is 2. The number of phenolic OH excluding ortho intramolecular Hbond substituents is 1. The smallest absolute Gasteiger partial charge is 0.407 e. The highest BCUT2D eigenvalue weighted by molar-refractivity contribution is 5.92. The number of ether oxygens (including phenoxy) is 2. The number of aromatic hydroxyl groups is 1. The van der Waals surface area contributed by atoms with Crippen molar-refractivity contribution < 1.29 is 19.4 Å². The second-order valence-corrected chi connectivity index (χ2v) is 8.78. The largest absolute Gasteiger partial charge is 0.507 e. The lowest BCUT2D eigenvalue weighted by atomic mass is 10.1. The number of carbonyl (C=O) groups excluding carboxylic acids is 1. The fourth-order valence-electron chi connectivity index (χ4n) is 4.47. The van der Waals surface area contributed by atoms with Gasteiger partial charge in [0.05, 0.1) is 24.3 Å². The summed E-state index contributed by atoms with van der Waals surface area (Å²) >= 11 is 0. The van der Waals surface area contributed by atoms with E-state index in [0.717, 1.165) is 48.2 Å². The number of carbonyl (C=O) groups is 1. The lowest BCUT2D eigenvalue weighted by molar-refractivity contribution is 0.0825. The number of aromatic nitrogens is 2. The molecule has 2 aliphatic rings. The molecule has 0 spiro atoms. The van der Waals surface area contributed by atoms with E-state index in [1.54, 1.807) is 12.1 Å². The van der Waals surface area contributed by atoms with E-state index in [1.165, 1.54) is 0 Å². The molecule has 5 rings (SSSR count). The van der Waals surface area contributed by atoms with E-state index < -0.39 is 0 Å². The summed E-state index contributed by atoms with van der Waals surface area (Å²) in [6, 6.07) is 13.3. The Kier molecular flexibility index (Phi) is 6.00. The third-order valence-electron chi connectivity index (χ3n) is 6.26. The van der Waals surface area contributed by atoms with Crippen LogP contribution in [0, 0.1) is 12.8 Å². The molecule has 1 aromatic heterocycles. The number of hydrogen-bond acceptors (Lipinski definition) is 7. The van der Waals surface area contributed by atoms with Crippen molar-refractivity contribution >= 4 is 22.8 Å². The van der Waals surface area contributed by atoms with Crippen molar-refractivity contribution in [3.8, 4) is 17.1 Å². The molecule has 8 nitrogen and oxygen atoms in total. The van der Waals surface area contributed by atoms with Crippen LogP contribution in [-0.2, 0) is 9.47 Å². The molecule has 2 atom stereocenters. The first-order valence-electron chi connectivity index (χ1n) is 11.4. The predicted molar refractivity (Wildman–Crippen MR) is 125 cm³/mol. The molecular formula is C25H28N4O4. The molecule has 2 aromatic carbocycles. The van der Waals surface area contributed by atoms with Gasteiger partial charge in [0.1, 0.15) is 17.7 Å². The number of rotatable bonds is 5. The standard InChI is InChI=1S/C25H28N4O4/c1-16-6-7-19-21(12-16)27-23(20-4-2-3-5-22(20)30)28-24(19)29-10-8-17(14-29)13-26-25(31)33-18-9-11-32-15-18/h2-7,12,17-18,30H,8-11,13-15H2,1H3,(H,26,31)/t17-,18+/m1/s1. The third kappa shape index (κ3) is 4.71. The van der Waals surface area contributed by atoms with E-state index >= 15 is 0 Å². The zero-order valence-corrected chi connectivity index (χ0v) is 18.7. The molecule has 2 aliphatic heterocycles. The zero-order chi connectivity index (χ0) is 22.8. The van der Waals surface area contributed by atoms with E-state index in [0.29, 0.717) is 37.1 Å². The molecule has 0 bridgehead atoms. The van der Waals surface area contributed by atoms with Crippen LogP contribution in [0.5, 0.6) is 5.75 Å². The molecule has 2 fully saturated rings. The van der Waals surface area contributed by atoms with Crippen LogP contribution in [0.15, 0.2) is 42.5 Å². The zero-order valence-electron chi connectivity index (χ0n) is 18.7. The number of aryl methyl sites for hydroxylation is 1. The summed E-state index contributed by atoms with van der Waals surface area (Å²) in [5.41, 5.74) is 2.57. The van der Waals surface area contributed by atoms with Gasteiger partial charge in [-0.05, 0) is 49.1 Å². The van der Waals surface area contributed by atoms with Crippen LogP contribution in [0.25, 0.3) is 22.3 Å². The van der Waals surface area contributed by atoms with Crippen molar-refractivity contribution in [1.29, 1.82) is 0 Å². The highest BCUT2D eigenvalue weighted by Crippen LogP contribution is 2.33. The third-order valence-corrected chi connectivity index (χ3v) is 6.26. The highest BCUT2D eigenvalue weighted by Gasteiger charge is 2.27. The molecule has 0 unspecified atom stereocenters. The fraction of sp³-hybridized carbons (Fsp3) is 0.400. The van der Waals surface area contributed by atoms with Gasteiger partial charge in [-0.2, -0.15) is 0 Å². The Balaban J connectivity index is 1.34. The van der Waals surface area contributed by atoms with Gasteiger partial charge in [-0.3, -0.25) is 0 Å². The number of phenols is 1. The molecule has 0 aliphatic carbocycles. The van der Waals surface area contributed by atoms with Crippen molar-refractivity contribution in [2.45, 2.75) is 25.9 Å². The Morgan fingerprint density at radius 1 is 1.24 bits per heavy atom. The van der Waals surface area contributed by atoms with Crippen LogP contribution in [0.1, 0.15) is 18.4 Å². The molecule has 0 radical (unpaired) electrons. The van der Waals surface area contributed by atoms with Crippen LogP contribution in [0.2, 0.25) is 0 Å². The Morgan fingerprint density at radius 3 is 2.94 bits per heavy atom. The second kappa shape index (κ2) is 9.23. The number of para-hydroxylation sites is 1. The summed E-state index contributed by atoms with van der Waals surface area (Å²) < 4.78 is 10.6. The first-order valence-corrected chi connectivity index (χ1v) is 11.4. The minimum absolute atomic E-state index is 0.145. The Morgan fingerprint density at radius 2 is 2.12 bits per heavy atom. The fourth-order valence-corrected chi connectivity index (χ4v) is 4.47. The van der Waals surface area contributed by atoms with Crippen molar-refractivity contribution in [2.24, 2.45) is 5.92 Å². The van der Waals surface area contributed by atoms with Gasteiger partial charge < -0.3 is 24.8 Å². The van der Waals surface area contributed by atoms with Gasteiger partial charge in [-0.25, -0.2) is 14.8 Å². The lowest BCUT2D eigenvalue weighted by Crippen LogP contribution is -2.34.